The van der Waals surface area contributed by atoms with Crippen molar-refractivity contribution in [3.05, 3.63) is 71.1 Å². The lowest BCUT2D eigenvalue weighted by Gasteiger charge is -2.31. The highest BCUT2D eigenvalue weighted by Gasteiger charge is 2.44. The van der Waals surface area contributed by atoms with Gasteiger partial charge in [0.15, 0.2) is 12.4 Å². The highest BCUT2D eigenvalue weighted by Crippen LogP contribution is 2.48. The maximum Gasteiger partial charge on any atom is 0.264 e. The molecule has 1 N–H and O–H groups in total. The second kappa shape index (κ2) is 8.55. The van der Waals surface area contributed by atoms with Gasteiger partial charge >= 0.3 is 0 Å². The van der Waals surface area contributed by atoms with Crippen LogP contribution in [-0.2, 0) is 14.4 Å². The van der Waals surface area contributed by atoms with Gasteiger partial charge in [0.05, 0.1) is 5.69 Å². The Morgan fingerprint density at radius 2 is 1.59 bits per heavy atom. The fraction of sp³-hybridized carbons (Fsp3) is 0.214. The number of imide groups is 1. The molecule has 0 fully saturated rings. The molecule has 0 aromatic heterocycles. The summed E-state index contributed by atoms with van der Waals surface area (Å²) in [7, 11) is 1.47. The van der Waals surface area contributed by atoms with E-state index in [4.69, 9.17) is 4.74 Å². The van der Waals surface area contributed by atoms with E-state index in [2.05, 4.69) is 5.32 Å². The third kappa shape index (κ3) is 3.57. The third-order valence-corrected chi connectivity index (χ3v) is 7.12. The molecule has 2 heterocycles. The molecule has 1 aliphatic carbocycles. The van der Waals surface area contributed by atoms with Crippen LogP contribution < -0.4 is 19.9 Å². The minimum Gasteiger partial charge on any atom is -0.481 e. The Bertz CT molecular complexity index is 1550. The van der Waals surface area contributed by atoms with E-state index in [-0.39, 0.29) is 29.3 Å². The topological polar surface area (TPSA) is 96.0 Å². The minimum atomic E-state index is -0.920. The van der Waals surface area contributed by atoms with Gasteiger partial charge in [-0.25, -0.2) is 9.29 Å². The van der Waals surface area contributed by atoms with Crippen LogP contribution in [0.25, 0.3) is 10.8 Å². The molecule has 3 aromatic rings. The zero-order valence-corrected chi connectivity index (χ0v) is 20.0. The summed E-state index contributed by atoms with van der Waals surface area (Å²) < 4.78 is 21.2. The molecule has 4 amide bonds. The van der Waals surface area contributed by atoms with E-state index < -0.39 is 35.1 Å². The van der Waals surface area contributed by atoms with Crippen molar-refractivity contribution >= 4 is 51.5 Å². The van der Waals surface area contributed by atoms with E-state index >= 15 is 4.39 Å². The molecule has 2 aliphatic heterocycles. The largest absolute Gasteiger partial charge is 0.481 e. The third-order valence-electron chi connectivity index (χ3n) is 7.12. The number of fused-ring (bicyclic) bond motifs is 2. The summed E-state index contributed by atoms with van der Waals surface area (Å²) in [6, 6.07) is 13.7. The molecule has 37 heavy (non-hydrogen) atoms. The second-order valence-electron chi connectivity index (χ2n) is 9.30. The van der Waals surface area contributed by atoms with Crippen LogP contribution in [0.2, 0.25) is 0 Å². The van der Waals surface area contributed by atoms with E-state index in [1.54, 1.807) is 18.2 Å². The van der Waals surface area contributed by atoms with Gasteiger partial charge < -0.3 is 15.0 Å². The van der Waals surface area contributed by atoms with Gasteiger partial charge in [-0.15, -0.1) is 0 Å². The summed E-state index contributed by atoms with van der Waals surface area (Å²) in [4.78, 5) is 54.6. The number of hydrogen-bond donors (Lipinski definition) is 1. The zero-order chi connectivity index (χ0) is 25.8. The van der Waals surface area contributed by atoms with Crippen molar-refractivity contribution in [1.82, 2.24) is 0 Å². The first-order valence-corrected chi connectivity index (χ1v) is 12.0. The van der Waals surface area contributed by atoms with Crippen LogP contribution in [0.1, 0.15) is 36.0 Å². The average Bonchev–Trinajstić information content (AvgIpc) is 3.15. The fourth-order valence-corrected chi connectivity index (χ4v) is 5.21. The van der Waals surface area contributed by atoms with Crippen LogP contribution >= 0.6 is 0 Å². The molecule has 8 nitrogen and oxygen atoms in total. The van der Waals surface area contributed by atoms with Gasteiger partial charge in [-0.3, -0.25) is 19.2 Å². The number of nitrogens with zero attached hydrogens (tertiary/aromatic N) is 2. The molecule has 0 spiro atoms. The van der Waals surface area contributed by atoms with Crippen molar-refractivity contribution in [3.63, 3.8) is 0 Å². The van der Waals surface area contributed by atoms with Gasteiger partial charge in [-0.1, -0.05) is 30.3 Å². The summed E-state index contributed by atoms with van der Waals surface area (Å²) in [5, 5.41) is 4.46. The highest BCUT2D eigenvalue weighted by molar-refractivity contribution is 6.34. The van der Waals surface area contributed by atoms with Gasteiger partial charge in [-0.2, -0.15) is 0 Å². The Kier molecular flexibility index (Phi) is 5.29. The number of carbonyl (C=O) groups is 4. The lowest BCUT2D eigenvalue weighted by Crippen LogP contribution is -2.38. The Labute approximate surface area is 211 Å². The van der Waals surface area contributed by atoms with Gasteiger partial charge in [-0.05, 0) is 48.6 Å². The molecule has 0 radical (unpaired) electrons. The lowest BCUT2D eigenvalue weighted by atomic mass is 9.93. The molecule has 3 aromatic carbocycles. The predicted octanol–water partition coefficient (Wildman–Crippen LogP) is 4.33. The highest BCUT2D eigenvalue weighted by atomic mass is 19.1. The SMILES string of the molecule is CN1C(=O)COc2cc(F)c(N3C(=O)C4=C(CCCC4)C3=O)c(NC(=O)c3ccc4ccccc4c3)c21. The van der Waals surface area contributed by atoms with Crippen LogP contribution in [0.4, 0.5) is 21.5 Å². The Morgan fingerprint density at radius 3 is 2.30 bits per heavy atom. The van der Waals surface area contributed by atoms with Crippen molar-refractivity contribution in [3.8, 4) is 5.75 Å². The van der Waals surface area contributed by atoms with Crippen molar-refractivity contribution in [2.24, 2.45) is 0 Å². The molecule has 0 bridgehead atoms. The van der Waals surface area contributed by atoms with Crippen LogP contribution in [0.5, 0.6) is 5.75 Å². The zero-order valence-electron chi connectivity index (χ0n) is 20.0. The molecule has 0 unspecified atom stereocenters. The van der Waals surface area contributed by atoms with Crippen LogP contribution in [0.3, 0.4) is 0 Å². The number of ether oxygens (including phenoxy) is 1. The van der Waals surface area contributed by atoms with Gasteiger partial charge in [0.25, 0.3) is 23.6 Å². The van der Waals surface area contributed by atoms with Crippen molar-refractivity contribution in [2.45, 2.75) is 25.7 Å². The summed E-state index contributed by atoms with van der Waals surface area (Å²) in [6.07, 6.45) is 2.39. The molecule has 0 saturated heterocycles. The Hall–Kier alpha value is -4.53. The van der Waals surface area contributed by atoms with E-state index in [0.29, 0.717) is 24.0 Å². The van der Waals surface area contributed by atoms with Crippen LogP contribution in [-0.4, -0.2) is 37.3 Å². The molecule has 9 heteroatoms. The number of halogens is 1. The van der Waals surface area contributed by atoms with E-state index in [1.165, 1.54) is 11.9 Å². The first kappa shape index (κ1) is 22.9. The first-order chi connectivity index (χ1) is 17.8. The number of benzene rings is 3. The number of nitrogens with one attached hydrogen (secondary N) is 1. The van der Waals surface area contributed by atoms with Gasteiger partial charge in [0.2, 0.25) is 0 Å². The molecular weight excluding hydrogens is 477 g/mol. The van der Waals surface area contributed by atoms with Crippen LogP contribution in [0, 0.1) is 5.82 Å². The molecular formula is C28H22FN3O5. The number of anilines is 3. The quantitative estimate of drug-likeness (QED) is 0.542. The first-order valence-electron chi connectivity index (χ1n) is 12.0. The average molecular weight is 499 g/mol. The minimum absolute atomic E-state index is 0.0222. The number of carbonyl (C=O) groups excluding carboxylic acids is 4. The molecule has 6 rings (SSSR count). The normalized spacial score (nSPS) is 17.2. The number of amides is 4. The number of hydrogen-bond acceptors (Lipinski definition) is 5. The second-order valence-corrected chi connectivity index (χ2v) is 9.30. The van der Waals surface area contributed by atoms with Gasteiger partial charge in [0, 0.05) is 29.8 Å². The Balaban J connectivity index is 1.50. The maximum atomic E-state index is 15.7. The fourth-order valence-electron chi connectivity index (χ4n) is 5.21. The van der Waals surface area contributed by atoms with E-state index in [9.17, 15) is 19.2 Å². The van der Waals surface area contributed by atoms with Crippen molar-refractivity contribution in [2.75, 3.05) is 28.8 Å². The standard InChI is InChI=1S/C28H22FN3O5/c1-31-22(33)14-37-21-13-20(29)24(32-27(35)18-8-4-5-9-19(18)28(32)36)23(25(21)31)30-26(34)17-11-10-15-6-2-3-7-16(15)12-17/h2-3,6-7,10-13H,4-5,8-9,14H2,1H3,(H,30,34). The maximum absolute atomic E-state index is 15.7. The van der Waals surface area contributed by atoms with Crippen molar-refractivity contribution in [1.29, 1.82) is 0 Å². The predicted molar refractivity (Wildman–Crippen MR) is 135 cm³/mol. The summed E-state index contributed by atoms with van der Waals surface area (Å²) in [6.45, 7) is -0.308. The number of rotatable bonds is 3. The lowest BCUT2D eigenvalue weighted by molar-refractivity contribution is -0.121. The molecule has 3 aliphatic rings. The smallest absolute Gasteiger partial charge is 0.264 e. The summed E-state index contributed by atoms with van der Waals surface area (Å²) in [5.41, 5.74) is 0.534. The molecule has 0 atom stereocenters. The summed E-state index contributed by atoms with van der Waals surface area (Å²) in [5.74, 6) is -3.13. The summed E-state index contributed by atoms with van der Waals surface area (Å²) >= 11 is 0. The number of likely N-dealkylation sites (N-methyl/N-ethyl adjacent to an activating group) is 1. The van der Waals surface area contributed by atoms with E-state index in [1.807, 2.05) is 24.3 Å². The monoisotopic (exact) mass is 499 g/mol. The molecule has 0 saturated carbocycles. The van der Waals surface area contributed by atoms with E-state index in [0.717, 1.165) is 34.6 Å². The van der Waals surface area contributed by atoms with Gasteiger partial charge in [0.1, 0.15) is 17.1 Å². The van der Waals surface area contributed by atoms with Crippen LogP contribution in [0.15, 0.2) is 59.7 Å². The van der Waals surface area contributed by atoms with Crippen molar-refractivity contribution < 1.29 is 28.3 Å². The Morgan fingerprint density at radius 1 is 0.919 bits per heavy atom. The molecule has 186 valence electrons.